The van der Waals surface area contributed by atoms with E-state index in [0.29, 0.717) is 15.3 Å². The third-order valence-electron chi connectivity index (χ3n) is 1.83. The number of nitrogens with one attached hydrogen (secondary N) is 1. The molecule has 1 aromatic rings. The second-order valence-corrected chi connectivity index (χ2v) is 7.19. The molecule has 0 saturated carbocycles. The number of hydrogen-bond donors (Lipinski definition) is 2. The molecule has 0 aromatic heterocycles. The van der Waals surface area contributed by atoms with Crippen molar-refractivity contribution in [2.24, 2.45) is 4.99 Å². The number of para-hydroxylation sites is 1. The van der Waals surface area contributed by atoms with Crippen molar-refractivity contribution in [3.8, 4) is 0 Å². The van der Waals surface area contributed by atoms with Gasteiger partial charge in [-0.2, -0.15) is 14.0 Å². The van der Waals surface area contributed by atoms with Gasteiger partial charge in [0.25, 0.3) is 0 Å². The molecule has 0 aliphatic carbocycles. The van der Waals surface area contributed by atoms with Crippen LogP contribution in [0.4, 0.5) is 5.69 Å². The number of anilines is 1. The van der Waals surface area contributed by atoms with E-state index in [1.807, 2.05) is 45.0 Å². The first-order valence-corrected chi connectivity index (χ1v) is 8.32. The predicted octanol–water partition coefficient (Wildman–Crippen LogP) is 0.733. The van der Waals surface area contributed by atoms with Crippen LogP contribution in [0.25, 0.3) is 0 Å². The van der Waals surface area contributed by atoms with Gasteiger partial charge in [-0.05, 0) is 48.8 Å². The van der Waals surface area contributed by atoms with Crippen molar-refractivity contribution < 1.29 is 28.9 Å². The third-order valence-corrected chi connectivity index (χ3v) is 2.54. The van der Waals surface area contributed by atoms with Crippen LogP contribution in [-0.4, -0.2) is 16.0 Å². The number of amidine groups is 1. The summed E-state index contributed by atoms with van der Waals surface area (Å²) in [4.78, 5) is 4.55. The molecule has 22 heavy (non-hydrogen) atoms. The molecule has 0 saturated heterocycles. The minimum atomic E-state index is -4.69. The Bertz CT molecular complexity index is 534. The van der Waals surface area contributed by atoms with E-state index in [2.05, 4.69) is 32.8 Å². The zero-order chi connectivity index (χ0) is 17.6. The Morgan fingerprint density at radius 2 is 1.77 bits per heavy atom. The smallest absolute Gasteiger partial charge is 0.139 e. The highest BCUT2D eigenvalue weighted by molar-refractivity contribution is 9.12. The number of halogens is 3. The standard InChI is InChI=1S/C13H16BrClN2.ClHO4/c1-9(14)12(17-13(2,3)4)16-11-8-6-5-7-10(11)15;2-1(3,4)5/h5-8H,1H2,2-4H3,(H,16,17);(H,2,3,4,5). The maximum atomic E-state index is 8.60. The minimum absolute atomic E-state index is 0.180. The van der Waals surface area contributed by atoms with Crippen molar-refractivity contribution in [3.05, 3.63) is 40.3 Å². The third kappa shape index (κ3) is 11.9. The second kappa shape index (κ2) is 8.83. The average Bonchev–Trinajstić information content (AvgIpc) is 2.27. The highest BCUT2D eigenvalue weighted by Crippen LogP contribution is 2.23. The van der Waals surface area contributed by atoms with Crippen LogP contribution in [0.15, 0.2) is 40.3 Å². The lowest BCUT2D eigenvalue weighted by molar-refractivity contribution is -1.92. The fraction of sp³-hybridized carbons (Fsp3) is 0.308. The molecule has 0 spiro atoms. The first-order valence-electron chi connectivity index (χ1n) is 5.89. The molecule has 2 N–H and O–H groups in total. The van der Waals surface area contributed by atoms with Crippen LogP contribution in [0.1, 0.15) is 20.8 Å². The van der Waals surface area contributed by atoms with Gasteiger partial charge in [-0.1, -0.05) is 30.3 Å². The van der Waals surface area contributed by atoms with Crippen molar-refractivity contribution in [2.75, 3.05) is 5.32 Å². The van der Waals surface area contributed by atoms with Crippen LogP contribution in [0, 0.1) is 10.2 Å². The Kier molecular flexibility index (Phi) is 8.56. The van der Waals surface area contributed by atoms with Gasteiger partial charge < -0.3 is 5.32 Å². The lowest BCUT2D eigenvalue weighted by Crippen LogP contribution is -2.58. The molecule has 1 rings (SSSR count). The Morgan fingerprint density at radius 3 is 2.14 bits per heavy atom. The summed E-state index contributed by atoms with van der Waals surface area (Å²) in [6.45, 7) is 9.92. The molecule has 0 aliphatic heterocycles. The Morgan fingerprint density at radius 1 is 1.32 bits per heavy atom. The summed E-state index contributed by atoms with van der Waals surface area (Å²) < 4.78 is 33.4. The highest BCUT2D eigenvalue weighted by Gasteiger charge is 2.12. The topological polar surface area (TPSA) is 114 Å². The normalized spacial score (nSPS) is 12.3. The van der Waals surface area contributed by atoms with Gasteiger partial charge in [0.1, 0.15) is 5.84 Å². The fourth-order valence-electron chi connectivity index (χ4n) is 1.18. The fourth-order valence-corrected chi connectivity index (χ4v) is 1.55. The Labute approximate surface area is 145 Å². The maximum absolute atomic E-state index is 8.60. The SMILES string of the molecule is C=C(Br)C(=NC(C)(C)C)Nc1ccccc1Cl.[O-][Cl+3]([O-])([O-])O. The van der Waals surface area contributed by atoms with E-state index in [9.17, 15) is 0 Å². The van der Waals surface area contributed by atoms with E-state index in [1.54, 1.807) is 0 Å². The first-order chi connectivity index (χ1) is 9.79. The van der Waals surface area contributed by atoms with Gasteiger partial charge in [-0.3, -0.25) is 4.99 Å². The molecule has 0 unspecified atom stereocenters. The molecule has 0 amide bonds. The number of benzene rings is 1. The average molecular weight is 416 g/mol. The minimum Gasteiger partial charge on any atom is -0.338 e. The lowest BCUT2D eigenvalue weighted by atomic mass is 10.1. The van der Waals surface area contributed by atoms with E-state index in [-0.39, 0.29) is 5.54 Å². The van der Waals surface area contributed by atoms with Crippen LogP contribution < -0.4 is 19.3 Å². The molecule has 124 valence electrons. The summed E-state index contributed by atoms with van der Waals surface area (Å²) in [5, 5.41) is 3.83. The maximum Gasteiger partial charge on any atom is 0.139 e. The summed E-state index contributed by atoms with van der Waals surface area (Å²) in [6, 6.07) is 7.53. The van der Waals surface area contributed by atoms with Gasteiger partial charge in [0.05, 0.1) is 35.6 Å². The molecule has 0 aliphatic rings. The molecule has 0 bridgehead atoms. The molecule has 0 atom stereocenters. The van der Waals surface area contributed by atoms with E-state index in [1.165, 1.54) is 0 Å². The first kappa shape index (κ1) is 21.3. The molecule has 1 aromatic carbocycles. The van der Waals surface area contributed by atoms with Crippen molar-refractivity contribution >= 4 is 39.1 Å². The van der Waals surface area contributed by atoms with Crippen LogP contribution in [0.2, 0.25) is 5.02 Å². The number of rotatable bonds is 2. The molecular weight excluding hydrogens is 399 g/mol. The zero-order valence-electron chi connectivity index (χ0n) is 12.3. The monoisotopic (exact) mass is 414 g/mol. The van der Waals surface area contributed by atoms with E-state index in [4.69, 9.17) is 30.2 Å². The number of hydrogen-bond acceptors (Lipinski definition) is 5. The van der Waals surface area contributed by atoms with Crippen molar-refractivity contribution in [1.82, 2.24) is 0 Å². The number of aliphatic imine (C=N–C) groups is 1. The summed E-state index contributed by atoms with van der Waals surface area (Å²) in [6.07, 6.45) is 0. The van der Waals surface area contributed by atoms with Gasteiger partial charge in [0, 0.05) is 0 Å². The zero-order valence-corrected chi connectivity index (χ0v) is 15.4. The summed E-state index contributed by atoms with van der Waals surface area (Å²) in [5.74, 6) is 0.686. The van der Waals surface area contributed by atoms with Crippen LogP contribution in [-0.2, 0) is 0 Å². The van der Waals surface area contributed by atoms with Gasteiger partial charge in [-0.15, -0.1) is 0 Å². The van der Waals surface area contributed by atoms with Crippen molar-refractivity contribution in [3.63, 3.8) is 0 Å². The Hall–Kier alpha value is -0.670. The second-order valence-electron chi connectivity index (χ2n) is 5.04. The molecule has 0 heterocycles. The van der Waals surface area contributed by atoms with Crippen LogP contribution >= 0.6 is 27.5 Å². The molecular formula is C13H17BrCl2N2O4. The predicted molar refractivity (Wildman–Crippen MR) is 82.5 cm³/mol. The molecule has 0 fully saturated rings. The molecule has 9 heteroatoms. The van der Waals surface area contributed by atoms with E-state index < -0.39 is 10.2 Å². The molecule has 6 nitrogen and oxygen atoms in total. The van der Waals surface area contributed by atoms with Gasteiger partial charge in [0.2, 0.25) is 0 Å². The van der Waals surface area contributed by atoms with Crippen molar-refractivity contribution in [2.45, 2.75) is 26.3 Å². The summed E-state index contributed by atoms with van der Waals surface area (Å²) >= 11 is 9.43. The number of nitrogens with zero attached hydrogens (tertiary/aromatic N) is 1. The van der Waals surface area contributed by atoms with E-state index in [0.717, 1.165) is 5.69 Å². The highest BCUT2D eigenvalue weighted by atomic mass is 79.9. The quantitative estimate of drug-likeness (QED) is 0.546. The summed E-state index contributed by atoms with van der Waals surface area (Å²) in [7, 11) is -4.69. The lowest BCUT2D eigenvalue weighted by Gasteiger charge is -2.17. The largest absolute Gasteiger partial charge is 0.338 e. The van der Waals surface area contributed by atoms with Crippen LogP contribution in [0.3, 0.4) is 0 Å². The van der Waals surface area contributed by atoms with Crippen molar-refractivity contribution in [1.29, 1.82) is 0 Å². The molecule has 0 radical (unpaired) electrons. The van der Waals surface area contributed by atoms with Gasteiger partial charge in [-0.25, -0.2) is 0 Å². The Balaban J connectivity index is 0.000000763. The van der Waals surface area contributed by atoms with Gasteiger partial charge >= 0.3 is 0 Å². The van der Waals surface area contributed by atoms with Gasteiger partial charge in [0.15, 0.2) is 0 Å². The summed E-state index contributed by atoms with van der Waals surface area (Å²) in [5.41, 5.74) is 0.637. The van der Waals surface area contributed by atoms with Crippen LogP contribution in [0.5, 0.6) is 0 Å². The van der Waals surface area contributed by atoms with E-state index >= 15 is 0 Å².